The van der Waals surface area contributed by atoms with Crippen LogP contribution in [0.25, 0.3) is 0 Å². The lowest BCUT2D eigenvalue weighted by atomic mass is 10.0. The first-order valence-electron chi connectivity index (χ1n) is 9.48. The molecule has 0 spiro atoms. The molecule has 9 heteroatoms. The number of carbonyl (C=O) groups excluding carboxylic acids is 1. The van der Waals surface area contributed by atoms with E-state index < -0.39 is 5.76 Å². The van der Waals surface area contributed by atoms with E-state index in [0.717, 1.165) is 40.4 Å². The second-order valence-electron chi connectivity index (χ2n) is 6.99. The van der Waals surface area contributed by atoms with Gasteiger partial charge in [0, 0.05) is 24.5 Å². The molecule has 0 aliphatic carbocycles. The standard InChI is InChI=1S/C20H25F2N3O2S2/c1-13-3-5-15(6-4-13)16(12-25-7-9-27-10-8-25)24-18(26)11-17-14(2)23-20(28-17)29-19(21)22/h3-6,16,19H,7-12H2,1-2H3,(H,24,26). The topological polar surface area (TPSA) is 54.5 Å². The summed E-state index contributed by atoms with van der Waals surface area (Å²) in [7, 11) is 0. The summed E-state index contributed by atoms with van der Waals surface area (Å²) in [5.41, 5.74) is 2.84. The number of halogens is 2. The van der Waals surface area contributed by atoms with Crippen molar-refractivity contribution in [3.8, 4) is 0 Å². The minimum atomic E-state index is -2.51. The highest BCUT2D eigenvalue weighted by Gasteiger charge is 2.22. The van der Waals surface area contributed by atoms with E-state index in [1.54, 1.807) is 6.92 Å². The summed E-state index contributed by atoms with van der Waals surface area (Å²) in [5.74, 6) is -2.65. The number of ether oxygens (including phenoxy) is 1. The second kappa shape index (κ2) is 10.5. The summed E-state index contributed by atoms with van der Waals surface area (Å²) in [6, 6.07) is 8.00. The fraction of sp³-hybridized carbons (Fsp3) is 0.500. The lowest BCUT2D eigenvalue weighted by Gasteiger charge is -2.31. The number of carbonyl (C=O) groups is 1. The molecule has 158 valence electrons. The summed E-state index contributed by atoms with van der Waals surface area (Å²) < 4.78 is 30.9. The number of thioether (sulfide) groups is 1. The molecule has 1 aromatic heterocycles. The summed E-state index contributed by atoms with van der Waals surface area (Å²) >= 11 is 1.58. The van der Waals surface area contributed by atoms with Crippen LogP contribution >= 0.6 is 23.1 Å². The summed E-state index contributed by atoms with van der Waals surface area (Å²) in [6.07, 6.45) is 0.138. The van der Waals surface area contributed by atoms with E-state index in [4.69, 9.17) is 4.74 Å². The Labute approximate surface area is 177 Å². The van der Waals surface area contributed by atoms with E-state index in [1.165, 1.54) is 0 Å². The van der Waals surface area contributed by atoms with Gasteiger partial charge in [0.15, 0.2) is 4.34 Å². The first-order chi connectivity index (χ1) is 13.9. The Balaban J connectivity index is 1.68. The van der Waals surface area contributed by atoms with Crippen LogP contribution in [-0.4, -0.2) is 54.4 Å². The van der Waals surface area contributed by atoms with Crippen molar-refractivity contribution in [3.05, 3.63) is 46.0 Å². The van der Waals surface area contributed by atoms with Gasteiger partial charge in [-0.25, -0.2) is 4.98 Å². The Hall–Kier alpha value is -1.55. The first-order valence-corrected chi connectivity index (χ1v) is 11.2. The van der Waals surface area contributed by atoms with Gasteiger partial charge in [0.2, 0.25) is 5.91 Å². The molecule has 1 fully saturated rings. The molecule has 1 atom stereocenters. The molecule has 2 aromatic rings. The molecule has 0 radical (unpaired) electrons. The van der Waals surface area contributed by atoms with Gasteiger partial charge in [-0.15, -0.1) is 11.3 Å². The van der Waals surface area contributed by atoms with Crippen LogP contribution in [0.3, 0.4) is 0 Å². The van der Waals surface area contributed by atoms with E-state index in [-0.39, 0.29) is 18.4 Å². The number of nitrogens with one attached hydrogen (secondary N) is 1. The molecule has 1 N–H and O–H groups in total. The van der Waals surface area contributed by atoms with Gasteiger partial charge in [-0.1, -0.05) is 29.8 Å². The number of rotatable bonds is 8. The van der Waals surface area contributed by atoms with Crippen molar-refractivity contribution in [2.45, 2.75) is 36.4 Å². The largest absolute Gasteiger partial charge is 0.379 e. The summed E-state index contributed by atoms with van der Waals surface area (Å²) in [4.78, 5) is 19.9. The molecule has 1 aliphatic rings. The smallest absolute Gasteiger partial charge is 0.291 e. The van der Waals surface area contributed by atoms with Gasteiger partial charge < -0.3 is 10.1 Å². The predicted molar refractivity (Wildman–Crippen MR) is 112 cm³/mol. The Bertz CT molecular complexity index is 809. The molecule has 0 bridgehead atoms. The monoisotopic (exact) mass is 441 g/mol. The predicted octanol–water partition coefficient (Wildman–Crippen LogP) is 3.81. The van der Waals surface area contributed by atoms with Crippen LogP contribution in [0.2, 0.25) is 0 Å². The molecule has 1 saturated heterocycles. The molecule has 1 amide bonds. The van der Waals surface area contributed by atoms with Gasteiger partial charge >= 0.3 is 0 Å². The number of aryl methyl sites for hydroxylation is 2. The van der Waals surface area contributed by atoms with Crippen molar-refractivity contribution in [2.75, 3.05) is 32.8 Å². The fourth-order valence-corrected chi connectivity index (χ4v) is 5.00. The molecule has 0 saturated carbocycles. The van der Waals surface area contributed by atoms with E-state index in [2.05, 4.69) is 15.2 Å². The minimum Gasteiger partial charge on any atom is -0.379 e. The summed E-state index contributed by atoms with van der Waals surface area (Å²) in [6.45, 7) is 7.53. The van der Waals surface area contributed by atoms with Crippen molar-refractivity contribution in [2.24, 2.45) is 0 Å². The molecule has 5 nitrogen and oxygen atoms in total. The molecule has 1 aromatic carbocycles. The summed E-state index contributed by atoms with van der Waals surface area (Å²) in [5, 5.41) is 3.13. The fourth-order valence-electron chi connectivity index (χ4n) is 3.16. The normalized spacial score (nSPS) is 16.2. The van der Waals surface area contributed by atoms with Crippen LogP contribution < -0.4 is 5.32 Å². The van der Waals surface area contributed by atoms with Crippen molar-refractivity contribution < 1.29 is 18.3 Å². The van der Waals surface area contributed by atoms with Crippen molar-refractivity contribution in [1.82, 2.24) is 15.2 Å². The zero-order chi connectivity index (χ0) is 20.8. The van der Waals surface area contributed by atoms with Crippen LogP contribution in [0.4, 0.5) is 8.78 Å². The van der Waals surface area contributed by atoms with E-state index >= 15 is 0 Å². The Morgan fingerprint density at radius 2 is 1.97 bits per heavy atom. The average Bonchev–Trinajstić information content (AvgIpc) is 3.00. The Morgan fingerprint density at radius 3 is 2.62 bits per heavy atom. The molecule has 29 heavy (non-hydrogen) atoms. The third kappa shape index (κ3) is 6.74. The first kappa shape index (κ1) is 22.1. The maximum atomic E-state index is 12.8. The number of hydrogen-bond donors (Lipinski definition) is 1. The van der Waals surface area contributed by atoms with Gasteiger partial charge in [0.25, 0.3) is 5.76 Å². The van der Waals surface area contributed by atoms with Crippen molar-refractivity contribution in [3.63, 3.8) is 0 Å². The lowest BCUT2D eigenvalue weighted by molar-refractivity contribution is -0.121. The van der Waals surface area contributed by atoms with Crippen LogP contribution in [0.5, 0.6) is 0 Å². The number of alkyl halides is 2. The minimum absolute atomic E-state index is 0.135. The number of amides is 1. The van der Waals surface area contributed by atoms with Crippen LogP contribution in [-0.2, 0) is 16.0 Å². The van der Waals surface area contributed by atoms with Gasteiger partial charge in [-0.2, -0.15) is 8.78 Å². The highest BCUT2D eigenvalue weighted by molar-refractivity contribution is 8.01. The van der Waals surface area contributed by atoms with E-state index in [9.17, 15) is 13.6 Å². The number of nitrogens with zero attached hydrogens (tertiary/aromatic N) is 2. The molecule has 2 heterocycles. The molecule has 3 rings (SSSR count). The second-order valence-corrected chi connectivity index (χ2v) is 9.31. The molecular weight excluding hydrogens is 416 g/mol. The Morgan fingerprint density at radius 1 is 1.28 bits per heavy atom. The van der Waals surface area contributed by atoms with Gasteiger partial charge in [0.05, 0.1) is 31.4 Å². The van der Waals surface area contributed by atoms with Crippen LogP contribution in [0.1, 0.15) is 27.7 Å². The number of hydrogen-bond acceptors (Lipinski definition) is 6. The SMILES string of the molecule is Cc1ccc(C(CN2CCOCC2)NC(=O)Cc2sc(SC(F)F)nc2C)cc1. The van der Waals surface area contributed by atoms with Gasteiger partial charge in [0.1, 0.15) is 0 Å². The molecule has 1 aliphatic heterocycles. The molecular formula is C20H25F2N3O2S2. The van der Waals surface area contributed by atoms with Crippen LogP contribution in [0, 0.1) is 13.8 Å². The van der Waals surface area contributed by atoms with Gasteiger partial charge in [-0.3, -0.25) is 9.69 Å². The van der Waals surface area contributed by atoms with E-state index in [0.29, 0.717) is 41.6 Å². The highest BCUT2D eigenvalue weighted by Crippen LogP contribution is 2.31. The third-order valence-corrected chi connectivity index (χ3v) is 6.71. The quantitative estimate of drug-likeness (QED) is 0.632. The maximum Gasteiger partial charge on any atom is 0.291 e. The lowest BCUT2D eigenvalue weighted by Crippen LogP contribution is -2.43. The number of benzene rings is 1. The zero-order valence-electron chi connectivity index (χ0n) is 16.5. The molecule has 1 unspecified atom stereocenters. The van der Waals surface area contributed by atoms with Crippen molar-refractivity contribution >= 4 is 29.0 Å². The highest BCUT2D eigenvalue weighted by atomic mass is 32.2. The zero-order valence-corrected chi connectivity index (χ0v) is 18.1. The van der Waals surface area contributed by atoms with Gasteiger partial charge in [-0.05, 0) is 31.2 Å². The average molecular weight is 442 g/mol. The number of morpholine rings is 1. The van der Waals surface area contributed by atoms with E-state index in [1.807, 2.05) is 31.2 Å². The number of thiazole rings is 1. The third-order valence-electron chi connectivity index (χ3n) is 4.74. The Kier molecular flexibility index (Phi) is 7.99. The number of aromatic nitrogens is 1. The maximum absolute atomic E-state index is 12.8. The van der Waals surface area contributed by atoms with Crippen molar-refractivity contribution in [1.29, 1.82) is 0 Å². The van der Waals surface area contributed by atoms with Crippen LogP contribution in [0.15, 0.2) is 28.6 Å².